The highest BCUT2D eigenvalue weighted by atomic mass is 16.3. The van der Waals surface area contributed by atoms with Crippen LogP contribution in [-0.2, 0) is 13.5 Å². The summed E-state index contributed by atoms with van der Waals surface area (Å²) in [6, 6.07) is 9.12. The minimum Gasteiger partial charge on any atom is -0.396 e. The van der Waals surface area contributed by atoms with Crippen LogP contribution < -0.4 is 5.32 Å². The lowest BCUT2D eigenvalue weighted by Gasteiger charge is -2.04. The third-order valence-electron chi connectivity index (χ3n) is 4.20. The SMILES string of the molecule is Cc1nn(C)c(C)c1-c1cc(C(=O)Nc2ccc(CCO)cc2)[nH]n1. The number of carbonyl (C=O) groups excluding carboxylic acids is 1. The van der Waals surface area contributed by atoms with Crippen molar-refractivity contribution >= 4 is 11.6 Å². The smallest absolute Gasteiger partial charge is 0.273 e. The van der Waals surface area contributed by atoms with Gasteiger partial charge in [-0.25, -0.2) is 0 Å². The Kier molecular flexibility index (Phi) is 4.67. The third kappa shape index (κ3) is 3.46. The van der Waals surface area contributed by atoms with Gasteiger partial charge in [-0.1, -0.05) is 12.1 Å². The Bertz CT molecular complexity index is 893. The molecule has 0 atom stereocenters. The molecular formula is C18H21N5O2. The maximum absolute atomic E-state index is 12.4. The zero-order valence-electron chi connectivity index (χ0n) is 14.5. The molecule has 1 amide bonds. The van der Waals surface area contributed by atoms with E-state index in [0.717, 1.165) is 22.5 Å². The zero-order chi connectivity index (χ0) is 18.0. The number of nitrogens with zero attached hydrogens (tertiary/aromatic N) is 3. The summed E-state index contributed by atoms with van der Waals surface area (Å²) >= 11 is 0. The summed E-state index contributed by atoms with van der Waals surface area (Å²) in [5.41, 5.74) is 5.60. The van der Waals surface area contributed by atoms with Gasteiger partial charge in [0.15, 0.2) is 0 Å². The topological polar surface area (TPSA) is 95.8 Å². The second kappa shape index (κ2) is 6.90. The molecule has 3 rings (SSSR count). The van der Waals surface area contributed by atoms with Crippen LogP contribution in [0.5, 0.6) is 0 Å². The van der Waals surface area contributed by atoms with Gasteiger partial charge in [-0.3, -0.25) is 14.6 Å². The molecule has 1 aromatic carbocycles. The first-order valence-electron chi connectivity index (χ1n) is 8.06. The summed E-state index contributed by atoms with van der Waals surface area (Å²) in [7, 11) is 1.88. The quantitative estimate of drug-likeness (QED) is 0.664. The Labute approximate surface area is 145 Å². The third-order valence-corrected chi connectivity index (χ3v) is 4.20. The van der Waals surface area contributed by atoms with Gasteiger partial charge in [-0.05, 0) is 44.0 Å². The number of H-pyrrole nitrogens is 1. The van der Waals surface area contributed by atoms with E-state index in [0.29, 0.717) is 23.5 Å². The molecule has 0 unspecified atom stereocenters. The van der Waals surface area contributed by atoms with Crippen LogP contribution in [0.4, 0.5) is 5.69 Å². The molecular weight excluding hydrogens is 318 g/mol. The molecule has 0 saturated heterocycles. The zero-order valence-corrected chi connectivity index (χ0v) is 14.5. The molecule has 2 heterocycles. The minimum atomic E-state index is -0.257. The molecule has 7 heteroatoms. The predicted octanol–water partition coefficient (Wildman–Crippen LogP) is 2.21. The van der Waals surface area contributed by atoms with Crippen LogP contribution in [0.15, 0.2) is 30.3 Å². The first-order chi connectivity index (χ1) is 12.0. The number of carbonyl (C=O) groups is 1. The molecule has 0 fully saturated rings. The van der Waals surface area contributed by atoms with Crippen LogP contribution in [0.2, 0.25) is 0 Å². The van der Waals surface area contributed by atoms with Crippen molar-refractivity contribution in [2.24, 2.45) is 7.05 Å². The van der Waals surface area contributed by atoms with Crippen molar-refractivity contribution in [1.82, 2.24) is 20.0 Å². The van der Waals surface area contributed by atoms with Gasteiger partial charge in [-0.2, -0.15) is 10.2 Å². The van der Waals surface area contributed by atoms with Crippen LogP contribution >= 0.6 is 0 Å². The monoisotopic (exact) mass is 339 g/mol. The molecule has 2 aromatic heterocycles. The average molecular weight is 339 g/mol. The summed E-state index contributed by atoms with van der Waals surface area (Å²) in [5.74, 6) is -0.257. The lowest BCUT2D eigenvalue weighted by atomic mass is 10.1. The van der Waals surface area contributed by atoms with Gasteiger partial charge in [0.05, 0.1) is 11.4 Å². The maximum Gasteiger partial charge on any atom is 0.273 e. The highest BCUT2D eigenvalue weighted by Gasteiger charge is 2.17. The summed E-state index contributed by atoms with van der Waals surface area (Å²) in [5, 5.41) is 23.2. The molecule has 3 aromatic rings. The van der Waals surface area contributed by atoms with Gasteiger partial charge in [0, 0.05) is 30.6 Å². The van der Waals surface area contributed by atoms with Gasteiger partial charge in [0.1, 0.15) is 5.69 Å². The number of benzene rings is 1. The second-order valence-corrected chi connectivity index (χ2v) is 5.96. The molecule has 0 aliphatic heterocycles. The summed E-state index contributed by atoms with van der Waals surface area (Å²) < 4.78 is 1.80. The van der Waals surface area contributed by atoms with E-state index in [2.05, 4.69) is 20.6 Å². The van der Waals surface area contributed by atoms with Crippen molar-refractivity contribution in [2.75, 3.05) is 11.9 Å². The highest BCUT2D eigenvalue weighted by molar-refractivity contribution is 6.03. The van der Waals surface area contributed by atoms with E-state index in [-0.39, 0.29) is 12.5 Å². The van der Waals surface area contributed by atoms with E-state index in [1.54, 1.807) is 10.7 Å². The molecule has 0 spiro atoms. The number of aromatic amines is 1. The first kappa shape index (κ1) is 16.9. The van der Waals surface area contributed by atoms with E-state index in [4.69, 9.17) is 5.11 Å². The minimum absolute atomic E-state index is 0.107. The molecule has 0 aliphatic rings. The number of aromatic nitrogens is 4. The molecule has 0 saturated carbocycles. The van der Waals surface area contributed by atoms with Crippen molar-refractivity contribution in [3.63, 3.8) is 0 Å². The predicted molar refractivity (Wildman–Crippen MR) is 95.4 cm³/mol. The largest absolute Gasteiger partial charge is 0.396 e. The van der Waals surface area contributed by atoms with Crippen molar-refractivity contribution in [1.29, 1.82) is 0 Å². The first-order valence-corrected chi connectivity index (χ1v) is 8.06. The second-order valence-electron chi connectivity index (χ2n) is 5.96. The van der Waals surface area contributed by atoms with Crippen LogP contribution in [-0.4, -0.2) is 37.6 Å². The number of hydrogen-bond donors (Lipinski definition) is 3. The van der Waals surface area contributed by atoms with E-state index < -0.39 is 0 Å². The van der Waals surface area contributed by atoms with Crippen LogP contribution in [0.3, 0.4) is 0 Å². The fraction of sp³-hybridized carbons (Fsp3) is 0.278. The maximum atomic E-state index is 12.4. The van der Waals surface area contributed by atoms with Crippen LogP contribution in [0.25, 0.3) is 11.3 Å². The standard InChI is InChI=1S/C18H21N5O2/c1-11-17(12(2)23(3)22-11)15-10-16(21-20-15)18(25)19-14-6-4-13(5-7-14)8-9-24/h4-7,10,24H,8-9H2,1-3H3,(H,19,25)(H,20,21). The molecule has 7 nitrogen and oxygen atoms in total. The Hall–Kier alpha value is -2.93. The van der Waals surface area contributed by atoms with Crippen molar-refractivity contribution in [2.45, 2.75) is 20.3 Å². The van der Waals surface area contributed by atoms with Gasteiger partial charge >= 0.3 is 0 Å². The Morgan fingerprint density at radius 1 is 1.28 bits per heavy atom. The van der Waals surface area contributed by atoms with Gasteiger partial charge in [0.2, 0.25) is 0 Å². The van der Waals surface area contributed by atoms with Gasteiger partial charge in [-0.15, -0.1) is 0 Å². The summed E-state index contributed by atoms with van der Waals surface area (Å²) in [6.45, 7) is 4.00. The van der Waals surface area contributed by atoms with Crippen LogP contribution in [0.1, 0.15) is 27.4 Å². The number of rotatable bonds is 5. The summed E-state index contributed by atoms with van der Waals surface area (Å²) in [4.78, 5) is 12.4. The number of aliphatic hydroxyl groups is 1. The van der Waals surface area contributed by atoms with Crippen LogP contribution in [0, 0.1) is 13.8 Å². The Morgan fingerprint density at radius 2 is 2.00 bits per heavy atom. The molecule has 25 heavy (non-hydrogen) atoms. The number of anilines is 1. The van der Waals surface area contributed by atoms with Gasteiger partial charge < -0.3 is 10.4 Å². The number of hydrogen-bond acceptors (Lipinski definition) is 4. The molecule has 3 N–H and O–H groups in total. The van der Waals surface area contributed by atoms with E-state index >= 15 is 0 Å². The fourth-order valence-corrected chi connectivity index (χ4v) is 2.79. The molecule has 130 valence electrons. The molecule has 0 aliphatic carbocycles. The number of aryl methyl sites for hydroxylation is 2. The Morgan fingerprint density at radius 3 is 2.60 bits per heavy atom. The average Bonchev–Trinajstić information content (AvgIpc) is 3.15. The Balaban J connectivity index is 1.76. The number of aliphatic hydroxyl groups excluding tert-OH is 1. The lowest BCUT2D eigenvalue weighted by molar-refractivity contribution is 0.102. The van der Waals surface area contributed by atoms with E-state index in [1.165, 1.54) is 0 Å². The number of amides is 1. The van der Waals surface area contributed by atoms with Gasteiger partial charge in [0.25, 0.3) is 5.91 Å². The molecule has 0 bridgehead atoms. The van der Waals surface area contributed by atoms with E-state index in [9.17, 15) is 4.79 Å². The normalized spacial score (nSPS) is 10.9. The van der Waals surface area contributed by atoms with Crippen molar-refractivity contribution in [3.05, 3.63) is 53.0 Å². The van der Waals surface area contributed by atoms with Crippen molar-refractivity contribution in [3.8, 4) is 11.3 Å². The molecule has 0 radical (unpaired) electrons. The van der Waals surface area contributed by atoms with Crippen molar-refractivity contribution < 1.29 is 9.90 Å². The number of nitrogens with one attached hydrogen (secondary N) is 2. The lowest BCUT2D eigenvalue weighted by Crippen LogP contribution is -2.12. The summed E-state index contributed by atoms with van der Waals surface area (Å²) in [6.07, 6.45) is 0.599. The van der Waals surface area contributed by atoms with E-state index in [1.807, 2.05) is 45.2 Å². The highest BCUT2D eigenvalue weighted by Crippen LogP contribution is 2.25. The fourth-order valence-electron chi connectivity index (χ4n) is 2.79.